The number of allylic oxidation sites excluding steroid dienone is 1. The fraction of sp³-hybridized carbons (Fsp3) is 0.318. The Balaban J connectivity index is 2.52. The zero-order valence-corrected chi connectivity index (χ0v) is 15.7. The summed E-state index contributed by atoms with van der Waals surface area (Å²) in [6.07, 6.45) is 2.72. The number of aliphatic hydroxyl groups excluding tert-OH is 1. The Kier molecular flexibility index (Phi) is 7.02. The molecule has 2 aromatic carbocycles. The molecule has 0 fully saturated rings. The van der Waals surface area contributed by atoms with E-state index in [1.807, 2.05) is 0 Å². The number of aromatic hydroxyl groups is 2. The molecule has 0 aliphatic carbocycles. The van der Waals surface area contributed by atoms with E-state index in [2.05, 4.69) is 0 Å². The molecule has 0 heterocycles. The number of carbonyl (C=O) groups excluding carboxylic acids is 1. The summed E-state index contributed by atoms with van der Waals surface area (Å²) in [5, 5.41) is 28.7. The number of hydrogen-bond acceptors (Lipinski definition) is 5. The van der Waals surface area contributed by atoms with Crippen molar-refractivity contribution in [1.29, 1.82) is 0 Å². The van der Waals surface area contributed by atoms with Crippen molar-refractivity contribution in [1.82, 2.24) is 0 Å². The van der Waals surface area contributed by atoms with Gasteiger partial charge in [0, 0.05) is 12.2 Å². The van der Waals surface area contributed by atoms with Crippen LogP contribution in [-0.2, 0) is 14.9 Å². The molecular formula is C22H26O5. The van der Waals surface area contributed by atoms with Gasteiger partial charge >= 0.3 is 5.97 Å². The number of ether oxygens (including phenoxy) is 1. The van der Waals surface area contributed by atoms with Crippen LogP contribution in [0.25, 0.3) is 0 Å². The minimum absolute atomic E-state index is 0.000244. The molecule has 0 amide bonds. The first kappa shape index (κ1) is 20.5. The molecule has 0 spiro atoms. The lowest BCUT2D eigenvalue weighted by Crippen LogP contribution is -2.35. The van der Waals surface area contributed by atoms with Gasteiger partial charge in [0.05, 0.1) is 5.41 Å². The lowest BCUT2D eigenvalue weighted by molar-refractivity contribution is -0.140. The average molecular weight is 370 g/mol. The second-order valence-electron chi connectivity index (χ2n) is 6.55. The Morgan fingerprint density at radius 2 is 1.48 bits per heavy atom. The molecule has 0 atom stereocenters. The summed E-state index contributed by atoms with van der Waals surface area (Å²) in [5.41, 5.74) is 1.51. The molecule has 27 heavy (non-hydrogen) atoms. The highest BCUT2D eigenvalue weighted by molar-refractivity contribution is 5.87. The number of aliphatic hydroxyl groups is 1. The third-order valence-electron chi connectivity index (χ3n) is 4.81. The molecular weight excluding hydrogens is 344 g/mol. The van der Waals surface area contributed by atoms with Crippen molar-refractivity contribution in [3.05, 3.63) is 71.3 Å². The predicted octanol–water partition coefficient (Wildman–Crippen LogP) is 3.67. The summed E-state index contributed by atoms with van der Waals surface area (Å²) in [6.45, 7) is 3.54. The smallest absolute Gasteiger partial charge is 0.333 e. The maximum atomic E-state index is 12.2. The Bertz CT molecular complexity index is 730. The van der Waals surface area contributed by atoms with E-state index in [9.17, 15) is 20.1 Å². The summed E-state index contributed by atoms with van der Waals surface area (Å²) < 4.78 is 5.61. The lowest BCUT2D eigenvalue weighted by atomic mass is 9.72. The number of phenolic OH excluding ortho intramolecular Hbond substituents is 2. The number of carbonyl (C=O) groups is 1. The van der Waals surface area contributed by atoms with Gasteiger partial charge in [-0.2, -0.15) is 0 Å². The fourth-order valence-corrected chi connectivity index (χ4v) is 3.06. The van der Waals surface area contributed by atoms with Gasteiger partial charge in [-0.3, -0.25) is 0 Å². The van der Waals surface area contributed by atoms with Gasteiger partial charge in [-0.05, 0) is 62.1 Å². The molecule has 0 saturated carbocycles. The van der Waals surface area contributed by atoms with Gasteiger partial charge in [-0.15, -0.1) is 0 Å². The van der Waals surface area contributed by atoms with Crippen LogP contribution in [0.15, 0.2) is 60.2 Å². The average Bonchev–Trinajstić information content (AvgIpc) is 2.69. The molecule has 5 heteroatoms. The highest BCUT2D eigenvalue weighted by Crippen LogP contribution is 2.38. The predicted molar refractivity (Wildman–Crippen MR) is 104 cm³/mol. The normalized spacial score (nSPS) is 12.0. The van der Waals surface area contributed by atoms with Gasteiger partial charge in [0.25, 0.3) is 0 Å². The van der Waals surface area contributed by atoms with E-state index in [0.717, 1.165) is 11.1 Å². The number of hydrogen-bond donors (Lipinski definition) is 3. The zero-order chi connectivity index (χ0) is 19.9. The van der Waals surface area contributed by atoms with Crippen molar-refractivity contribution < 1.29 is 24.9 Å². The first-order valence-electron chi connectivity index (χ1n) is 8.93. The molecule has 0 aliphatic rings. The van der Waals surface area contributed by atoms with Crippen LogP contribution >= 0.6 is 0 Å². The molecule has 3 N–H and O–H groups in total. The van der Waals surface area contributed by atoms with Gasteiger partial charge in [0.1, 0.15) is 18.1 Å². The second-order valence-corrected chi connectivity index (χ2v) is 6.55. The van der Waals surface area contributed by atoms with Crippen LogP contribution in [-0.4, -0.2) is 34.5 Å². The second kappa shape index (κ2) is 9.24. The van der Waals surface area contributed by atoms with Gasteiger partial charge < -0.3 is 20.1 Å². The molecule has 0 aromatic heterocycles. The molecule has 0 saturated heterocycles. The SMILES string of the molecule is CC=C(C)C(=O)OCC(CCCO)(c1ccc(O)cc1)c1ccc(O)cc1. The van der Waals surface area contributed by atoms with Crippen molar-refractivity contribution in [2.45, 2.75) is 32.1 Å². The van der Waals surface area contributed by atoms with E-state index >= 15 is 0 Å². The van der Waals surface area contributed by atoms with Crippen molar-refractivity contribution in [3.8, 4) is 11.5 Å². The van der Waals surface area contributed by atoms with Gasteiger partial charge in [-0.1, -0.05) is 30.3 Å². The van der Waals surface area contributed by atoms with E-state index in [4.69, 9.17) is 4.74 Å². The summed E-state index contributed by atoms with van der Waals surface area (Å²) in [5.74, 6) is -0.118. The van der Waals surface area contributed by atoms with Crippen LogP contribution < -0.4 is 0 Å². The molecule has 5 nitrogen and oxygen atoms in total. The third kappa shape index (κ3) is 4.89. The van der Waals surface area contributed by atoms with Crippen molar-refractivity contribution in [3.63, 3.8) is 0 Å². The van der Waals surface area contributed by atoms with E-state index in [1.165, 1.54) is 0 Å². The standard InChI is InChI=1S/C22H26O5/c1-3-16(2)21(26)27-15-22(13-4-14-23,17-5-9-19(24)10-6-17)18-7-11-20(25)12-8-18/h3,5-12,23-25H,4,13-15H2,1-2H3. The van der Waals surface area contributed by atoms with Crippen LogP contribution in [0.1, 0.15) is 37.8 Å². The van der Waals surface area contributed by atoms with E-state index in [-0.39, 0.29) is 24.7 Å². The Morgan fingerprint density at radius 3 is 1.89 bits per heavy atom. The minimum Gasteiger partial charge on any atom is -0.508 e. The topological polar surface area (TPSA) is 87.0 Å². The van der Waals surface area contributed by atoms with Gasteiger partial charge in [0.15, 0.2) is 0 Å². The van der Waals surface area contributed by atoms with Crippen LogP contribution in [0.5, 0.6) is 11.5 Å². The number of benzene rings is 2. The van der Waals surface area contributed by atoms with Crippen LogP contribution in [0.3, 0.4) is 0 Å². The fourth-order valence-electron chi connectivity index (χ4n) is 3.06. The number of phenols is 2. The monoisotopic (exact) mass is 370 g/mol. The highest BCUT2D eigenvalue weighted by Gasteiger charge is 2.36. The Hall–Kier alpha value is -2.79. The summed E-state index contributed by atoms with van der Waals surface area (Å²) in [6, 6.07) is 13.5. The summed E-state index contributed by atoms with van der Waals surface area (Å²) >= 11 is 0. The molecule has 0 bridgehead atoms. The number of rotatable bonds is 8. The zero-order valence-electron chi connectivity index (χ0n) is 15.7. The van der Waals surface area contributed by atoms with Crippen molar-refractivity contribution >= 4 is 5.97 Å². The molecule has 2 aromatic rings. The first-order valence-corrected chi connectivity index (χ1v) is 8.93. The molecule has 0 radical (unpaired) electrons. The van der Waals surface area contributed by atoms with E-state index in [1.54, 1.807) is 68.5 Å². The Morgan fingerprint density at radius 1 is 1.00 bits per heavy atom. The third-order valence-corrected chi connectivity index (χ3v) is 4.81. The molecule has 144 valence electrons. The maximum Gasteiger partial charge on any atom is 0.333 e. The largest absolute Gasteiger partial charge is 0.508 e. The summed E-state index contributed by atoms with van der Waals surface area (Å²) in [4.78, 5) is 12.2. The maximum absolute atomic E-state index is 12.2. The highest BCUT2D eigenvalue weighted by atomic mass is 16.5. The van der Waals surface area contributed by atoms with Crippen LogP contribution in [0.2, 0.25) is 0 Å². The number of esters is 1. The van der Waals surface area contributed by atoms with Crippen molar-refractivity contribution in [2.24, 2.45) is 0 Å². The van der Waals surface area contributed by atoms with Crippen LogP contribution in [0.4, 0.5) is 0 Å². The molecule has 0 aliphatic heterocycles. The molecule has 2 rings (SSSR count). The van der Waals surface area contributed by atoms with Gasteiger partial charge in [-0.25, -0.2) is 4.79 Å². The minimum atomic E-state index is -0.714. The van der Waals surface area contributed by atoms with Crippen molar-refractivity contribution in [2.75, 3.05) is 13.2 Å². The quantitative estimate of drug-likeness (QED) is 0.488. The molecule has 0 unspecified atom stereocenters. The Labute approximate surface area is 159 Å². The summed E-state index contributed by atoms with van der Waals surface area (Å²) in [7, 11) is 0. The van der Waals surface area contributed by atoms with Crippen LogP contribution in [0, 0.1) is 0 Å². The lowest BCUT2D eigenvalue weighted by Gasteiger charge is -2.35. The van der Waals surface area contributed by atoms with Gasteiger partial charge in [0.2, 0.25) is 0 Å². The van der Waals surface area contributed by atoms with E-state index in [0.29, 0.717) is 18.4 Å². The first-order chi connectivity index (χ1) is 12.9. The van der Waals surface area contributed by atoms with E-state index < -0.39 is 11.4 Å².